The highest BCUT2D eigenvalue weighted by molar-refractivity contribution is 7.92. The minimum atomic E-state index is -4.50. The highest BCUT2D eigenvalue weighted by Gasteiger charge is 2.41. The number of halogens is 3. The molecule has 2 unspecified atom stereocenters. The van der Waals surface area contributed by atoms with Crippen molar-refractivity contribution >= 4 is 15.6 Å². The Kier molecular flexibility index (Phi) is 3.66. The summed E-state index contributed by atoms with van der Waals surface area (Å²) in [6.07, 6.45) is -4.08. The van der Waals surface area contributed by atoms with Gasteiger partial charge in [-0.05, 0) is 30.7 Å². The number of benzene rings is 1. The minimum absolute atomic E-state index is 0.120. The molecule has 0 radical (unpaired) electrons. The zero-order chi connectivity index (χ0) is 15.1. The number of hydrogen-bond acceptors (Lipinski definition) is 3. The van der Waals surface area contributed by atoms with E-state index in [1.54, 1.807) is 6.92 Å². The summed E-state index contributed by atoms with van der Waals surface area (Å²) in [4.78, 5) is 11.3. The van der Waals surface area contributed by atoms with Gasteiger partial charge < -0.3 is 0 Å². The third-order valence-corrected chi connectivity index (χ3v) is 6.02. The van der Waals surface area contributed by atoms with E-state index in [0.717, 1.165) is 24.3 Å². The number of rotatable bonds is 2. The maximum atomic E-state index is 12.4. The molecule has 2 atom stereocenters. The number of alkyl halides is 3. The van der Waals surface area contributed by atoms with Crippen molar-refractivity contribution in [1.29, 1.82) is 0 Å². The molecule has 0 saturated heterocycles. The number of Topliss-reactive ketones (excluding diaryl/α,β-unsaturated/α-hetero) is 1. The van der Waals surface area contributed by atoms with Gasteiger partial charge in [-0.25, -0.2) is 8.42 Å². The van der Waals surface area contributed by atoms with Gasteiger partial charge in [0.05, 0.1) is 15.7 Å². The Morgan fingerprint density at radius 2 is 1.70 bits per heavy atom. The molecule has 0 amide bonds. The molecule has 20 heavy (non-hydrogen) atoms. The normalized spacial score (nSPS) is 24.1. The molecule has 0 N–H and O–H groups in total. The number of carbonyl (C=O) groups is 1. The fourth-order valence-corrected chi connectivity index (χ4v) is 4.38. The summed E-state index contributed by atoms with van der Waals surface area (Å²) < 4.78 is 61.9. The van der Waals surface area contributed by atoms with Crippen LogP contribution in [0.15, 0.2) is 29.2 Å². The molecule has 1 saturated carbocycles. The maximum absolute atomic E-state index is 12.4. The van der Waals surface area contributed by atoms with Crippen LogP contribution < -0.4 is 0 Å². The second-order valence-electron chi connectivity index (χ2n) is 4.90. The molecule has 1 aromatic carbocycles. The van der Waals surface area contributed by atoms with E-state index in [-0.39, 0.29) is 23.5 Å². The van der Waals surface area contributed by atoms with Crippen molar-refractivity contribution in [3.63, 3.8) is 0 Å². The standard InChI is InChI=1S/C13H13F3O3S/c1-8-11(17)6-7-12(8)20(18,19)10-4-2-9(3-5-10)13(14,15)16/h2-5,8,12H,6-7H2,1H3. The second-order valence-corrected chi connectivity index (χ2v) is 7.07. The lowest BCUT2D eigenvalue weighted by Gasteiger charge is -2.16. The molecule has 0 aliphatic heterocycles. The predicted molar refractivity (Wildman–Crippen MR) is 65.8 cm³/mol. The lowest BCUT2D eigenvalue weighted by molar-refractivity contribution is -0.137. The lowest BCUT2D eigenvalue weighted by atomic mass is 10.1. The van der Waals surface area contributed by atoms with E-state index in [2.05, 4.69) is 0 Å². The summed E-state index contributed by atoms with van der Waals surface area (Å²) in [7, 11) is -3.77. The first-order valence-electron chi connectivity index (χ1n) is 6.08. The van der Waals surface area contributed by atoms with Crippen LogP contribution in [-0.4, -0.2) is 19.5 Å². The summed E-state index contributed by atoms with van der Waals surface area (Å²) >= 11 is 0. The van der Waals surface area contributed by atoms with Gasteiger partial charge >= 0.3 is 6.18 Å². The minimum Gasteiger partial charge on any atom is -0.299 e. The smallest absolute Gasteiger partial charge is 0.299 e. The van der Waals surface area contributed by atoms with E-state index in [4.69, 9.17) is 0 Å². The van der Waals surface area contributed by atoms with E-state index in [1.807, 2.05) is 0 Å². The van der Waals surface area contributed by atoms with Crippen LogP contribution in [-0.2, 0) is 20.8 Å². The van der Waals surface area contributed by atoms with E-state index in [9.17, 15) is 26.4 Å². The third-order valence-electron chi connectivity index (χ3n) is 3.65. The van der Waals surface area contributed by atoms with Gasteiger partial charge in [-0.2, -0.15) is 13.2 Å². The van der Waals surface area contributed by atoms with Crippen molar-refractivity contribution in [3.8, 4) is 0 Å². The molecule has 1 aromatic rings. The summed E-state index contributed by atoms with van der Waals surface area (Å²) in [5.41, 5.74) is -0.896. The molecule has 0 aromatic heterocycles. The van der Waals surface area contributed by atoms with Gasteiger partial charge in [0, 0.05) is 12.3 Å². The summed E-state index contributed by atoms with van der Waals surface area (Å²) in [5.74, 6) is -0.729. The molecule has 1 aliphatic carbocycles. The van der Waals surface area contributed by atoms with E-state index < -0.39 is 32.7 Å². The van der Waals surface area contributed by atoms with Crippen molar-refractivity contribution in [3.05, 3.63) is 29.8 Å². The zero-order valence-corrected chi connectivity index (χ0v) is 11.5. The molecule has 3 nitrogen and oxygen atoms in total. The van der Waals surface area contributed by atoms with Crippen LogP contribution in [0.25, 0.3) is 0 Å². The molecular weight excluding hydrogens is 293 g/mol. The zero-order valence-electron chi connectivity index (χ0n) is 10.6. The van der Waals surface area contributed by atoms with Crippen LogP contribution in [0, 0.1) is 5.92 Å². The van der Waals surface area contributed by atoms with Gasteiger partial charge in [0.15, 0.2) is 9.84 Å². The van der Waals surface area contributed by atoms with Crippen LogP contribution in [0.2, 0.25) is 0 Å². The van der Waals surface area contributed by atoms with Crippen LogP contribution in [0.1, 0.15) is 25.3 Å². The van der Waals surface area contributed by atoms with Gasteiger partial charge in [0.1, 0.15) is 5.78 Å². The van der Waals surface area contributed by atoms with Gasteiger partial charge in [-0.3, -0.25) is 4.79 Å². The SMILES string of the molecule is CC1C(=O)CCC1S(=O)(=O)c1ccc(C(F)(F)F)cc1. The van der Waals surface area contributed by atoms with Gasteiger partial charge in [0.2, 0.25) is 0 Å². The number of carbonyl (C=O) groups excluding carboxylic acids is 1. The molecule has 2 rings (SSSR count). The van der Waals surface area contributed by atoms with Crippen LogP contribution in [0.5, 0.6) is 0 Å². The Hall–Kier alpha value is -1.37. The molecule has 110 valence electrons. The van der Waals surface area contributed by atoms with E-state index >= 15 is 0 Å². The number of sulfone groups is 1. The highest BCUT2D eigenvalue weighted by atomic mass is 32.2. The van der Waals surface area contributed by atoms with Crippen molar-refractivity contribution in [2.75, 3.05) is 0 Å². The Balaban J connectivity index is 2.34. The third kappa shape index (κ3) is 2.59. The molecule has 1 fully saturated rings. The monoisotopic (exact) mass is 306 g/mol. The van der Waals surface area contributed by atoms with Crippen molar-refractivity contribution < 1.29 is 26.4 Å². The average molecular weight is 306 g/mol. The molecule has 1 aliphatic rings. The predicted octanol–water partition coefficient (Wildman–Crippen LogP) is 2.85. The molecule has 0 bridgehead atoms. The summed E-state index contributed by atoms with van der Waals surface area (Å²) in [5, 5.41) is -0.841. The van der Waals surface area contributed by atoms with Crippen molar-refractivity contribution in [2.24, 2.45) is 5.92 Å². The Morgan fingerprint density at radius 3 is 2.10 bits per heavy atom. The van der Waals surface area contributed by atoms with Gasteiger partial charge in [-0.1, -0.05) is 6.92 Å². The largest absolute Gasteiger partial charge is 0.416 e. The Morgan fingerprint density at radius 1 is 1.15 bits per heavy atom. The molecule has 7 heteroatoms. The van der Waals surface area contributed by atoms with Gasteiger partial charge in [0.25, 0.3) is 0 Å². The van der Waals surface area contributed by atoms with Crippen LogP contribution >= 0.6 is 0 Å². The Labute approximate surface area is 114 Å². The molecular formula is C13H13F3O3S. The van der Waals surface area contributed by atoms with Gasteiger partial charge in [-0.15, -0.1) is 0 Å². The first-order valence-corrected chi connectivity index (χ1v) is 7.62. The lowest BCUT2D eigenvalue weighted by Crippen LogP contribution is -2.26. The fraction of sp³-hybridized carbons (Fsp3) is 0.462. The quantitative estimate of drug-likeness (QED) is 0.844. The highest BCUT2D eigenvalue weighted by Crippen LogP contribution is 2.34. The molecule has 0 spiro atoms. The summed E-state index contributed by atoms with van der Waals surface area (Å²) in [6, 6.07) is 3.39. The first-order chi connectivity index (χ1) is 9.14. The number of ketones is 1. The Bertz CT molecular complexity index is 617. The average Bonchev–Trinajstić information content (AvgIpc) is 2.69. The van der Waals surface area contributed by atoms with Crippen LogP contribution in [0.3, 0.4) is 0 Å². The summed E-state index contributed by atoms with van der Waals surface area (Å²) in [6.45, 7) is 1.54. The van der Waals surface area contributed by atoms with Crippen molar-refractivity contribution in [2.45, 2.75) is 36.1 Å². The van der Waals surface area contributed by atoms with Crippen molar-refractivity contribution in [1.82, 2.24) is 0 Å². The van der Waals surface area contributed by atoms with Crippen LogP contribution in [0.4, 0.5) is 13.2 Å². The van der Waals surface area contributed by atoms with E-state index in [1.165, 1.54) is 0 Å². The first kappa shape index (κ1) is 15.0. The second kappa shape index (κ2) is 4.87. The number of hydrogen-bond donors (Lipinski definition) is 0. The molecule has 0 heterocycles. The topological polar surface area (TPSA) is 51.2 Å². The fourth-order valence-electron chi connectivity index (χ4n) is 2.40. The van der Waals surface area contributed by atoms with E-state index in [0.29, 0.717) is 0 Å². The maximum Gasteiger partial charge on any atom is 0.416 e.